The summed E-state index contributed by atoms with van der Waals surface area (Å²) in [6.45, 7) is 2.31. The van der Waals surface area contributed by atoms with Crippen LogP contribution in [-0.4, -0.2) is 38.4 Å². The van der Waals surface area contributed by atoms with Crippen LogP contribution in [0.4, 0.5) is 0 Å². The summed E-state index contributed by atoms with van der Waals surface area (Å²) in [7, 11) is 0. The molecule has 0 N–H and O–H groups in total. The van der Waals surface area contributed by atoms with Gasteiger partial charge in [0.15, 0.2) is 0 Å². The molecule has 0 radical (unpaired) electrons. The van der Waals surface area contributed by atoms with Crippen molar-refractivity contribution < 1.29 is 4.79 Å². The van der Waals surface area contributed by atoms with Crippen molar-refractivity contribution in [1.82, 2.24) is 19.4 Å². The molecule has 3 aromatic rings. The van der Waals surface area contributed by atoms with Crippen LogP contribution in [0.5, 0.6) is 0 Å². The molecule has 0 bridgehead atoms. The lowest BCUT2D eigenvalue weighted by Gasteiger charge is -2.32. The summed E-state index contributed by atoms with van der Waals surface area (Å²) in [5.74, 6) is 1.39. The van der Waals surface area contributed by atoms with Crippen LogP contribution in [0, 0.1) is 0 Å². The van der Waals surface area contributed by atoms with E-state index in [1.807, 2.05) is 29.4 Å². The molecule has 1 amide bonds. The zero-order chi connectivity index (χ0) is 17.8. The van der Waals surface area contributed by atoms with E-state index in [-0.39, 0.29) is 11.8 Å². The summed E-state index contributed by atoms with van der Waals surface area (Å²) < 4.78 is 2.21. The molecule has 1 aliphatic heterocycles. The average Bonchev–Trinajstić information content (AvgIpc) is 3.17. The Balaban J connectivity index is 1.50. The third-order valence-electron chi connectivity index (χ3n) is 4.93. The number of nitrogens with zero attached hydrogens (tertiary/aromatic N) is 4. The highest BCUT2D eigenvalue weighted by atomic mass is 16.2. The van der Waals surface area contributed by atoms with E-state index >= 15 is 0 Å². The molecule has 2 aromatic heterocycles. The summed E-state index contributed by atoms with van der Waals surface area (Å²) in [6.07, 6.45) is 9.28. The summed E-state index contributed by atoms with van der Waals surface area (Å²) in [5, 5.41) is 0. The molecule has 0 spiro atoms. The number of aromatic nitrogens is 3. The quantitative estimate of drug-likeness (QED) is 0.728. The number of hydrogen-bond donors (Lipinski definition) is 0. The lowest BCUT2D eigenvalue weighted by Crippen LogP contribution is -2.39. The first-order chi connectivity index (χ1) is 12.8. The van der Waals surface area contributed by atoms with Gasteiger partial charge in [-0.3, -0.25) is 9.78 Å². The topological polar surface area (TPSA) is 51.0 Å². The number of carbonyl (C=O) groups is 1. The molecule has 5 nitrogen and oxygen atoms in total. The summed E-state index contributed by atoms with van der Waals surface area (Å²) in [4.78, 5) is 23.4. The first-order valence-electron chi connectivity index (χ1n) is 9.05. The molecule has 26 heavy (non-hydrogen) atoms. The third kappa shape index (κ3) is 3.52. The largest absolute Gasteiger partial charge is 0.338 e. The summed E-state index contributed by atoms with van der Waals surface area (Å²) >= 11 is 0. The van der Waals surface area contributed by atoms with Crippen LogP contribution in [-0.2, 0) is 6.54 Å². The van der Waals surface area contributed by atoms with Gasteiger partial charge in [0.05, 0.1) is 5.56 Å². The molecular formula is C21H22N4O. The fraction of sp³-hybridized carbons (Fsp3) is 0.286. The Kier molecular flexibility index (Phi) is 4.78. The highest BCUT2D eigenvalue weighted by molar-refractivity contribution is 5.93. The van der Waals surface area contributed by atoms with Crippen LogP contribution < -0.4 is 0 Å². The SMILES string of the molecule is O=C(c1cccnc1)N1CCC[C@@H](c2nccn2Cc2ccccc2)C1. The monoisotopic (exact) mass is 346 g/mol. The second-order valence-electron chi connectivity index (χ2n) is 6.73. The molecule has 1 fully saturated rings. The lowest BCUT2D eigenvalue weighted by molar-refractivity contribution is 0.0703. The van der Waals surface area contributed by atoms with E-state index in [1.165, 1.54) is 5.56 Å². The molecule has 5 heteroatoms. The molecule has 1 aliphatic rings. The number of rotatable bonds is 4. The molecule has 132 valence electrons. The van der Waals surface area contributed by atoms with Crippen molar-refractivity contribution in [3.63, 3.8) is 0 Å². The smallest absolute Gasteiger partial charge is 0.255 e. The second-order valence-corrected chi connectivity index (χ2v) is 6.73. The normalized spacial score (nSPS) is 17.2. The Hall–Kier alpha value is -2.95. The van der Waals surface area contributed by atoms with Gasteiger partial charge < -0.3 is 9.47 Å². The number of imidazole rings is 1. The number of carbonyl (C=O) groups excluding carboxylic acids is 1. The number of hydrogen-bond acceptors (Lipinski definition) is 3. The Morgan fingerprint density at radius 2 is 2.00 bits per heavy atom. The van der Waals surface area contributed by atoms with Gasteiger partial charge in [0.2, 0.25) is 0 Å². The van der Waals surface area contributed by atoms with E-state index in [9.17, 15) is 4.79 Å². The Morgan fingerprint density at radius 1 is 1.12 bits per heavy atom. The van der Waals surface area contributed by atoms with Crippen LogP contribution in [0.1, 0.15) is 40.5 Å². The van der Waals surface area contributed by atoms with E-state index in [1.54, 1.807) is 18.5 Å². The summed E-state index contributed by atoms with van der Waals surface area (Å²) in [5.41, 5.74) is 1.91. The molecule has 4 rings (SSSR count). The van der Waals surface area contributed by atoms with Gasteiger partial charge in [-0.05, 0) is 30.5 Å². The van der Waals surface area contributed by atoms with E-state index < -0.39 is 0 Å². The van der Waals surface area contributed by atoms with Gasteiger partial charge in [0.25, 0.3) is 5.91 Å². The number of piperidine rings is 1. The molecule has 0 aliphatic carbocycles. The number of pyridine rings is 1. The van der Waals surface area contributed by atoms with Crippen molar-refractivity contribution in [3.8, 4) is 0 Å². The van der Waals surface area contributed by atoms with Gasteiger partial charge in [0, 0.05) is 50.3 Å². The van der Waals surface area contributed by atoms with Crippen molar-refractivity contribution in [2.24, 2.45) is 0 Å². The van der Waals surface area contributed by atoms with Gasteiger partial charge in [0.1, 0.15) is 5.82 Å². The minimum absolute atomic E-state index is 0.0592. The van der Waals surface area contributed by atoms with Gasteiger partial charge in [-0.1, -0.05) is 30.3 Å². The van der Waals surface area contributed by atoms with Crippen molar-refractivity contribution in [2.75, 3.05) is 13.1 Å². The standard InChI is InChI=1S/C21H22N4O/c26-21(18-8-4-10-22-14-18)25-12-5-9-19(16-25)20-23-11-13-24(20)15-17-6-2-1-3-7-17/h1-4,6-8,10-11,13-14,19H,5,9,12,15-16H2/t19-/m1/s1. The fourth-order valence-corrected chi connectivity index (χ4v) is 3.64. The maximum absolute atomic E-state index is 12.7. The second kappa shape index (κ2) is 7.52. The maximum Gasteiger partial charge on any atom is 0.255 e. The molecule has 1 saturated heterocycles. The van der Waals surface area contributed by atoms with Crippen LogP contribution in [0.2, 0.25) is 0 Å². The third-order valence-corrected chi connectivity index (χ3v) is 4.93. The van der Waals surface area contributed by atoms with Crippen LogP contribution >= 0.6 is 0 Å². The lowest BCUT2D eigenvalue weighted by atomic mass is 9.96. The van der Waals surface area contributed by atoms with E-state index in [4.69, 9.17) is 0 Å². The Morgan fingerprint density at radius 3 is 2.81 bits per heavy atom. The predicted octanol–water partition coefficient (Wildman–Crippen LogP) is 3.35. The van der Waals surface area contributed by atoms with Crippen molar-refractivity contribution in [3.05, 3.63) is 84.2 Å². The van der Waals surface area contributed by atoms with E-state index in [2.05, 4.69) is 38.8 Å². The zero-order valence-electron chi connectivity index (χ0n) is 14.7. The summed E-state index contributed by atoms with van der Waals surface area (Å²) in [6, 6.07) is 14.0. The zero-order valence-corrected chi connectivity index (χ0v) is 14.7. The average molecular weight is 346 g/mol. The van der Waals surface area contributed by atoms with E-state index in [0.29, 0.717) is 12.1 Å². The van der Waals surface area contributed by atoms with Crippen molar-refractivity contribution >= 4 is 5.91 Å². The van der Waals surface area contributed by atoms with Crippen molar-refractivity contribution in [2.45, 2.75) is 25.3 Å². The first-order valence-corrected chi connectivity index (χ1v) is 9.05. The fourth-order valence-electron chi connectivity index (χ4n) is 3.64. The molecule has 0 unspecified atom stereocenters. The van der Waals surface area contributed by atoms with Gasteiger partial charge in [-0.25, -0.2) is 4.98 Å². The minimum Gasteiger partial charge on any atom is -0.338 e. The van der Waals surface area contributed by atoms with Gasteiger partial charge in [-0.2, -0.15) is 0 Å². The maximum atomic E-state index is 12.7. The highest BCUT2D eigenvalue weighted by Gasteiger charge is 2.28. The number of benzene rings is 1. The van der Waals surface area contributed by atoms with Crippen LogP contribution in [0.15, 0.2) is 67.3 Å². The molecular weight excluding hydrogens is 324 g/mol. The predicted molar refractivity (Wildman–Crippen MR) is 99.9 cm³/mol. The van der Waals surface area contributed by atoms with Crippen LogP contribution in [0.3, 0.4) is 0 Å². The number of likely N-dealkylation sites (tertiary alicyclic amines) is 1. The van der Waals surface area contributed by atoms with Gasteiger partial charge in [-0.15, -0.1) is 0 Å². The number of amides is 1. The van der Waals surface area contributed by atoms with Crippen molar-refractivity contribution in [1.29, 1.82) is 0 Å². The van der Waals surface area contributed by atoms with Gasteiger partial charge >= 0.3 is 0 Å². The Labute approximate surface area is 153 Å². The molecule has 1 aromatic carbocycles. The molecule has 0 saturated carbocycles. The van der Waals surface area contributed by atoms with Crippen LogP contribution in [0.25, 0.3) is 0 Å². The first kappa shape index (κ1) is 16.5. The molecule has 1 atom stereocenters. The highest BCUT2D eigenvalue weighted by Crippen LogP contribution is 2.27. The van der Waals surface area contributed by atoms with E-state index in [0.717, 1.165) is 31.8 Å². The minimum atomic E-state index is 0.0592. The molecule has 3 heterocycles. The Bertz CT molecular complexity index is 860.